The highest BCUT2D eigenvalue weighted by Crippen LogP contribution is 2.45. The van der Waals surface area contributed by atoms with Gasteiger partial charge >= 0.3 is 6.09 Å². The second-order valence-corrected chi connectivity index (χ2v) is 22.7. The van der Waals surface area contributed by atoms with E-state index in [-0.39, 0.29) is 66.7 Å². The van der Waals surface area contributed by atoms with E-state index in [1.807, 2.05) is 251 Å². The summed E-state index contributed by atoms with van der Waals surface area (Å²) < 4.78 is 5.76. The number of ether oxygens (including phenoxy) is 1. The Kier molecular flexibility index (Phi) is 25.8. The quantitative estimate of drug-likeness (QED) is 0.0237. The third-order valence-electron chi connectivity index (χ3n) is 16.2. The molecule has 0 saturated heterocycles. The molecule has 5 amide bonds. The van der Waals surface area contributed by atoms with Gasteiger partial charge in [0.2, 0.25) is 23.6 Å². The van der Waals surface area contributed by atoms with Gasteiger partial charge in [0.05, 0.1) is 37.3 Å². The van der Waals surface area contributed by atoms with Crippen molar-refractivity contribution >= 4 is 64.5 Å². The van der Waals surface area contributed by atoms with Gasteiger partial charge in [-0.1, -0.05) is 258 Å². The summed E-state index contributed by atoms with van der Waals surface area (Å²) >= 11 is 9.53. The van der Waals surface area contributed by atoms with Crippen molar-refractivity contribution in [3.63, 3.8) is 0 Å². The van der Waals surface area contributed by atoms with Crippen molar-refractivity contribution in [3.05, 3.63) is 275 Å². The molecule has 0 aromatic heterocycles. The largest absolute Gasteiger partial charge is 0.449 e. The number of rotatable bonds is 25. The number of carbonyl (C=O) groups excluding carboxylic acids is 7. The molecule has 0 bridgehead atoms. The van der Waals surface area contributed by atoms with Gasteiger partial charge in [-0.15, -0.1) is 23.2 Å². The number of alkyl halides is 2. The Morgan fingerprint density at radius 1 is 0.456 bits per heavy atom. The van der Waals surface area contributed by atoms with Crippen molar-refractivity contribution in [2.24, 2.45) is 17.6 Å². The molecule has 0 aliphatic heterocycles. The molecule has 0 spiro atoms. The Morgan fingerprint density at radius 3 is 1.09 bits per heavy atom. The van der Waals surface area contributed by atoms with Crippen LogP contribution in [-0.2, 0) is 44.6 Å². The van der Waals surface area contributed by atoms with Gasteiger partial charge in [-0.2, -0.15) is 0 Å². The molecule has 90 heavy (non-hydrogen) atoms. The summed E-state index contributed by atoms with van der Waals surface area (Å²) in [4.78, 5) is 91.9. The molecule has 1 aliphatic rings. The lowest BCUT2D eigenvalue weighted by Gasteiger charge is -2.37. The smallest absolute Gasteiger partial charge is 0.407 e. The van der Waals surface area contributed by atoms with Crippen molar-refractivity contribution in [2.75, 3.05) is 25.0 Å². The van der Waals surface area contributed by atoms with E-state index >= 15 is 0 Å². The monoisotopic (exact) mass is 1250 g/mol. The molecule has 14 nitrogen and oxygen atoms in total. The number of benzene rings is 8. The van der Waals surface area contributed by atoms with Gasteiger partial charge in [-0.3, -0.25) is 28.8 Å². The Balaban J connectivity index is 0.000000263. The maximum Gasteiger partial charge on any atom is 0.407 e. The average molecular weight is 1250 g/mol. The Hall–Kier alpha value is -9.21. The Labute approximate surface area is 537 Å². The van der Waals surface area contributed by atoms with Crippen molar-refractivity contribution in [1.82, 2.24) is 26.6 Å². The minimum absolute atomic E-state index is 0.0338. The molecule has 0 heterocycles. The summed E-state index contributed by atoms with van der Waals surface area (Å²) in [5, 5.41) is 14.5. The molecule has 0 saturated carbocycles. The summed E-state index contributed by atoms with van der Waals surface area (Å²) in [6.07, 6.45) is -0.161. The van der Waals surface area contributed by atoms with Gasteiger partial charge in [0.25, 0.3) is 0 Å². The van der Waals surface area contributed by atoms with E-state index in [9.17, 15) is 33.6 Å². The van der Waals surface area contributed by atoms with Crippen LogP contribution in [0.5, 0.6) is 0 Å². The summed E-state index contributed by atoms with van der Waals surface area (Å²) in [6, 6.07) is 71.6. The summed E-state index contributed by atoms with van der Waals surface area (Å²) in [6.45, 7) is 7.15. The number of hydrogen-bond acceptors (Lipinski definition) is 9. The SMILES string of the molecule is CC[C@H](C)C(=O)CNC(=O)[C@@H](N)CC(=O)NC(c1ccccc1)(c1ccccc1)c1ccccc1.CC[C@H](C)C(=O)CNC(=O)[C@H](CC(=O)NC(c1ccccc1)(c1ccccc1)c1ccccc1)NC(=O)OCC1c2ccccc2-c2ccccc21.ClCCl. The zero-order valence-electron chi connectivity index (χ0n) is 51.1. The lowest BCUT2D eigenvalue weighted by atomic mass is 9.77. The maximum absolute atomic E-state index is 14.3. The second-order valence-electron chi connectivity index (χ2n) is 21.9. The molecular weight excluding hydrogens is 1170 g/mol. The summed E-state index contributed by atoms with van der Waals surface area (Å²) in [5.41, 5.74) is 13.3. The first-order valence-electron chi connectivity index (χ1n) is 30.2. The van der Waals surface area contributed by atoms with Crippen LogP contribution in [0, 0.1) is 11.8 Å². The van der Waals surface area contributed by atoms with Gasteiger partial charge in [0.15, 0.2) is 11.6 Å². The standard InChI is InChI=1S/C44H43N3O5.C29H33N3O3.CH2Cl2/c1-3-30(2)40(48)28-45-42(50)39(46-43(51)52-29-38-36-25-15-13-23-34(36)35-24-14-16-26-37(35)38)27-41(49)47-44(31-17-7-4-8-18-31,32-19-9-5-10-20-32)33-21-11-6-12-22-33;1-3-21(2)26(33)20-31-28(35)25(30)19-27(34)32-29(22-13-7-4-8-14-22,23-15-9-5-10-16-23)24-17-11-6-12-18-24;2-1-3/h4-26,30,38-39H,3,27-29H2,1-2H3,(H,45,50)(H,46,51)(H,47,49);4-18,21,25H,3,19-20,30H2,1-2H3,(H,31,35)(H,32,34);1H2/t30-,39-;21-,25-;/m00./s1. The van der Waals surface area contributed by atoms with E-state index in [0.717, 1.165) is 55.6 Å². The lowest BCUT2D eigenvalue weighted by molar-refractivity contribution is -0.130. The maximum atomic E-state index is 14.3. The van der Waals surface area contributed by atoms with E-state index < -0.39 is 53.4 Å². The summed E-state index contributed by atoms with van der Waals surface area (Å²) in [5.74, 6) is -2.85. The van der Waals surface area contributed by atoms with Crippen LogP contribution in [-0.4, -0.2) is 78.4 Å². The van der Waals surface area contributed by atoms with Gasteiger partial charge in [-0.25, -0.2) is 4.79 Å². The van der Waals surface area contributed by atoms with Gasteiger partial charge in [-0.05, 0) is 68.5 Å². The minimum Gasteiger partial charge on any atom is -0.449 e. The zero-order valence-corrected chi connectivity index (χ0v) is 52.6. The minimum atomic E-state index is -1.33. The molecule has 466 valence electrons. The number of fused-ring (bicyclic) bond motifs is 3. The first-order chi connectivity index (χ1) is 43.6. The molecule has 16 heteroatoms. The van der Waals surface area contributed by atoms with Crippen molar-refractivity contribution in [1.29, 1.82) is 0 Å². The van der Waals surface area contributed by atoms with Crippen LogP contribution in [0.3, 0.4) is 0 Å². The van der Waals surface area contributed by atoms with E-state index in [0.29, 0.717) is 12.8 Å². The van der Waals surface area contributed by atoms with Crippen LogP contribution < -0.4 is 32.3 Å². The van der Waals surface area contributed by atoms with E-state index in [2.05, 4.69) is 26.6 Å². The Bertz CT molecular complexity index is 3390. The van der Waals surface area contributed by atoms with E-state index in [1.54, 1.807) is 6.92 Å². The number of hydrogen-bond donors (Lipinski definition) is 6. The van der Waals surface area contributed by atoms with Gasteiger partial charge < -0.3 is 37.1 Å². The molecular formula is C74H78Cl2N6O8. The fourth-order valence-electron chi connectivity index (χ4n) is 11.0. The second kappa shape index (κ2) is 33.9. The normalized spacial score (nSPS) is 12.8. The number of Topliss-reactive ketones (excluding diaryl/α,β-unsaturated/α-hetero) is 2. The number of nitrogens with one attached hydrogen (secondary N) is 5. The predicted octanol–water partition coefficient (Wildman–Crippen LogP) is 12.1. The van der Waals surface area contributed by atoms with Crippen molar-refractivity contribution in [3.8, 4) is 11.1 Å². The predicted molar refractivity (Wildman–Crippen MR) is 355 cm³/mol. The number of alkyl carbamates (subject to hydrolysis) is 1. The number of amides is 5. The molecule has 8 aromatic rings. The van der Waals surface area contributed by atoms with Crippen molar-refractivity contribution < 1.29 is 38.3 Å². The third kappa shape index (κ3) is 17.3. The van der Waals surface area contributed by atoms with Crippen LogP contribution >= 0.6 is 23.2 Å². The topological polar surface area (TPSA) is 215 Å². The number of ketones is 2. The van der Waals surface area contributed by atoms with Crippen LogP contribution in [0.25, 0.3) is 11.1 Å². The fourth-order valence-corrected chi connectivity index (χ4v) is 11.0. The van der Waals surface area contributed by atoms with Crippen molar-refractivity contribution in [2.45, 2.75) is 82.5 Å². The molecule has 4 atom stereocenters. The first kappa shape index (κ1) is 68.3. The molecule has 1 aliphatic carbocycles. The first-order valence-corrected chi connectivity index (χ1v) is 31.2. The fraction of sp³-hybridized carbons (Fsp3) is 0.257. The third-order valence-corrected chi connectivity index (χ3v) is 16.2. The zero-order chi connectivity index (χ0) is 64.5. The van der Waals surface area contributed by atoms with Crippen LogP contribution in [0.4, 0.5) is 4.79 Å². The molecule has 0 fully saturated rings. The molecule has 8 aromatic carbocycles. The average Bonchev–Trinajstić information content (AvgIpc) is 1.10. The van der Waals surface area contributed by atoms with Gasteiger partial charge in [0.1, 0.15) is 23.7 Å². The number of halogens is 2. The summed E-state index contributed by atoms with van der Waals surface area (Å²) in [7, 11) is 0. The van der Waals surface area contributed by atoms with E-state index in [1.165, 1.54) is 0 Å². The highest BCUT2D eigenvalue weighted by Gasteiger charge is 2.41. The molecule has 0 unspecified atom stereocenters. The molecule has 9 rings (SSSR count). The van der Waals surface area contributed by atoms with Crippen LogP contribution in [0.1, 0.15) is 104 Å². The number of nitrogens with two attached hydrogens (primary N) is 1. The Morgan fingerprint density at radius 2 is 0.756 bits per heavy atom. The van der Waals surface area contributed by atoms with Gasteiger partial charge in [0, 0.05) is 17.8 Å². The van der Waals surface area contributed by atoms with Crippen LogP contribution in [0.15, 0.2) is 231 Å². The molecule has 7 N–H and O–H groups in total. The van der Waals surface area contributed by atoms with Crippen LogP contribution in [0.2, 0.25) is 0 Å². The van der Waals surface area contributed by atoms with E-state index in [4.69, 9.17) is 33.7 Å². The lowest BCUT2D eigenvalue weighted by Crippen LogP contribution is -2.53. The highest BCUT2D eigenvalue weighted by molar-refractivity contribution is 6.40. The number of carbonyl (C=O) groups is 7. The molecule has 0 radical (unpaired) electrons. The highest BCUT2D eigenvalue weighted by atomic mass is 35.5.